The molecule has 0 fully saturated rings. The van der Waals surface area contributed by atoms with Crippen LogP contribution in [-0.4, -0.2) is 36.0 Å². The molecule has 0 unspecified atom stereocenters. The first-order valence-corrected chi connectivity index (χ1v) is 10.8. The maximum Gasteiger partial charge on any atom is 0.337 e. The second kappa shape index (κ2) is 8.04. The molecule has 0 bridgehead atoms. The quantitative estimate of drug-likeness (QED) is 0.475. The number of aromatic nitrogens is 1. The summed E-state index contributed by atoms with van der Waals surface area (Å²) in [4.78, 5) is 30.6. The molecular formula is C26H24N2O4. The number of methoxy groups -OCH3 is 1. The number of hydrogen-bond donors (Lipinski definition) is 1. The number of amides is 1. The highest BCUT2D eigenvalue weighted by Gasteiger charge is 2.23. The molecule has 6 heteroatoms. The maximum absolute atomic E-state index is 13.3. The van der Waals surface area contributed by atoms with E-state index in [0.29, 0.717) is 35.4 Å². The predicted molar refractivity (Wildman–Crippen MR) is 125 cm³/mol. The third kappa shape index (κ3) is 3.38. The Bertz CT molecular complexity index is 1430. The Kier molecular flexibility index (Phi) is 5.05. The lowest BCUT2D eigenvalue weighted by Gasteiger charge is -2.27. The minimum absolute atomic E-state index is 0.171. The minimum atomic E-state index is -0.548. The van der Waals surface area contributed by atoms with Crippen molar-refractivity contribution in [3.05, 3.63) is 81.8 Å². The molecule has 162 valence electrons. The molecule has 3 heterocycles. The average molecular weight is 428 g/mol. The van der Waals surface area contributed by atoms with Gasteiger partial charge in [-0.25, -0.2) is 4.79 Å². The number of H-pyrrole nitrogens is 1. The highest BCUT2D eigenvalue weighted by molar-refractivity contribution is 6.06. The number of aromatic amines is 1. The lowest BCUT2D eigenvalue weighted by molar-refractivity contribution is 0.0774. The summed E-state index contributed by atoms with van der Waals surface area (Å²) in [5.41, 5.74) is 5.06. The smallest absolute Gasteiger partial charge is 0.337 e. The third-order valence-electron chi connectivity index (χ3n) is 6.21. The first-order valence-electron chi connectivity index (χ1n) is 10.8. The molecule has 4 aromatic rings. The third-order valence-corrected chi connectivity index (χ3v) is 6.21. The molecule has 1 N–H and O–H groups in total. The summed E-state index contributed by atoms with van der Waals surface area (Å²) in [5.74, 6) is 0.399. The molecule has 1 amide bonds. The van der Waals surface area contributed by atoms with Crippen molar-refractivity contribution in [2.45, 2.75) is 19.8 Å². The van der Waals surface area contributed by atoms with Crippen LogP contribution in [0.1, 0.15) is 34.8 Å². The molecule has 0 saturated carbocycles. The molecule has 5 rings (SSSR count). The molecule has 0 aliphatic carbocycles. The van der Waals surface area contributed by atoms with E-state index >= 15 is 0 Å². The summed E-state index contributed by atoms with van der Waals surface area (Å²) in [6.07, 6.45) is 5.90. The zero-order chi connectivity index (χ0) is 22.2. The SMILES string of the molecule is CCc1cccc2c(C3=CCN(C(=O)c4cc(=O)oc5cc(OC)ccc45)CC3)c[nH]c12. The van der Waals surface area contributed by atoms with Crippen molar-refractivity contribution in [3.8, 4) is 5.75 Å². The number of nitrogens with zero attached hydrogens (tertiary/aromatic N) is 1. The number of nitrogens with one attached hydrogen (secondary N) is 1. The molecule has 1 aliphatic rings. The monoisotopic (exact) mass is 428 g/mol. The Morgan fingerprint density at radius 2 is 2.06 bits per heavy atom. The van der Waals surface area contributed by atoms with E-state index in [2.05, 4.69) is 42.4 Å². The topological polar surface area (TPSA) is 75.5 Å². The van der Waals surface area contributed by atoms with Gasteiger partial charge in [0.25, 0.3) is 5.91 Å². The van der Waals surface area contributed by atoms with E-state index < -0.39 is 5.63 Å². The summed E-state index contributed by atoms with van der Waals surface area (Å²) in [6, 6.07) is 12.8. The van der Waals surface area contributed by atoms with Gasteiger partial charge in [-0.1, -0.05) is 31.2 Å². The van der Waals surface area contributed by atoms with Gasteiger partial charge in [-0.05, 0) is 36.1 Å². The molecule has 0 atom stereocenters. The summed E-state index contributed by atoms with van der Waals surface area (Å²) >= 11 is 0. The van der Waals surface area contributed by atoms with Crippen LogP contribution in [0.25, 0.3) is 27.4 Å². The van der Waals surface area contributed by atoms with Gasteiger partial charge < -0.3 is 19.0 Å². The van der Waals surface area contributed by atoms with E-state index in [4.69, 9.17) is 9.15 Å². The summed E-state index contributed by atoms with van der Waals surface area (Å²) in [7, 11) is 1.54. The molecule has 6 nitrogen and oxygen atoms in total. The number of carbonyl (C=O) groups excluding carboxylic acids is 1. The van der Waals surface area contributed by atoms with E-state index in [0.717, 1.165) is 12.8 Å². The van der Waals surface area contributed by atoms with Gasteiger partial charge in [0.05, 0.1) is 12.7 Å². The zero-order valence-electron chi connectivity index (χ0n) is 18.1. The number of fused-ring (bicyclic) bond motifs is 2. The van der Waals surface area contributed by atoms with E-state index in [1.54, 1.807) is 30.2 Å². The highest BCUT2D eigenvalue weighted by Crippen LogP contribution is 2.31. The average Bonchev–Trinajstić information content (AvgIpc) is 3.27. The molecule has 2 aromatic heterocycles. The Balaban J connectivity index is 1.44. The van der Waals surface area contributed by atoms with Gasteiger partial charge in [0.1, 0.15) is 11.3 Å². The van der Waals surface area contributed by atoms with Crippen LogP contribution in [0.3, 0.4) is 0 Å². The van der Waals surface area contributed by atoms with E-state index in [1.165, 1.54) is 33.7 Å². The standard InChI is InChI=1S/C26H24N2O4/c1-3-16-5-4-6-20-22(15-27-25(16)20)17-9-11-28(12-10-17)26(30)21-14-24(29)32-23-13-18(31-2)7-8-19(21)23/h4-9,13-15,27H,3,10-12H2,1-2H3. The fraction of sp³-hybridized carbons (Fsp3) is 0.231. The van der Waals surface area contributed by atoms with Crippen molar-refractivity contribution in [1.82, 2.24) is 9.88 Å². The fourth-order valence-electron chi connectivity index (χ4n) is 4.49. The Hall–Kier alpha value is -3.80. The van der Waals surface area contributed by atoms with Gasteiger partial charge in [0, 0.05) is 53.3 Å². The van der Waals surface area contributed by atoms with Crippen LogP contribution in [0.5, 0.6) is 5.75 Å². The number of carbonyl (C=O) groups is 1. The molecular weight excluding hydrogens is 404 g/mol. The number of para-hydroxylation sites is 1. The van der Waals surface area contributed by atoms with Crippen molar-refractivity contribution >= 4 is 33.4 Å². The van der Waals surface area contributed by atoms with Crippen molar-refractivity contribution in [2.24, 2.45) is 0 Å². The normalized spacial score (nSPS) is 14.1. The predicted octanol–water partition coefficient (Wildman–Crippen LogP) is 4.77. The van der Waals surface area contributed by atoms with Crippen LogP contribution < -0.4 is 10.4 Å². The highest BCUT2D eigenvalue weighted by atomic mass is 16.5. The summed E-state index contributed by atoms with van der Waals surface area (Å²) < 4.78 is 10.5. The Morgan fingerprint density at radius 1 is 1.19 bits per heavy atom. The van der Waals surface area contributed by atoms with Gasteiger partial charge in [0.15, 0.2) is 0 Å². The first-order chi connectivity index (χ1) is 15.6. The second-order valence-electron chi connectivity index (χ2n) is 7.97. The lowest BCUT2D eigenvalue weighted by Crippen LogP contribution is -2.35. The maximum atomic E-state index is 13.3. The molecule has 0 saturated heterocycles. The number of aryl methyl sites for hydroxylation is 1. The van der Waals surface area contributed by atoms with Gasteiger partial charge in [-0.15, -0.1) is 0 Å². The second-order valence-corrected chi connectivity index (χ2v) is 7.97. The lowest BCUT2D eigenvalue weighted by atomic mass is 9.97. The van der Waals surface area contributed by atoms with Gasteiger partial charge >= 0.3 is 5.63 Å². The number of ether oxygens (including phenoxy) is 1. The minimum Gasteiger partial charge on any atom is -0.497 e. The van der Waals surface area contributed by atoms with Crippen LogP contribution in [0, 0.1) is 0 Å². The summed E-state index contributed by atoms with van der Waals surface area (Å²) in [6.45, 7) is 3.23. The first kappa shape index (κ1) is 20.1. The molecule has 2 aromatic carbocycles. The van der Waals surface area contributed by atoms with Crippen molar-refractivity contribution in [3.63, 3.8) is 0 Å². The molecule has 0 spiro atoms. The van der Waals surface area contributed by atoms with Gasteiger partial charge in [-0.2, -0.15) is 0 Å². The Morgan fingerprint density at radius 3 is 2.81 bits per heavy atom. The van der Waals surface area contributed by atoms with Gasteiger partial charge in [0.2, 0.25) is 0 Å². The van der Waals surface area contributed by atoms with Crippen LogP contribution in [0.2, 0.25) is 0 Å². The van der Waals surface area contributed by atoms with Crippen LogP contribution >= 0.6 is 0 Å². The Labute approximate surface area is 185 Å². The van der Waals surface area contributed by atoms with E-state index in [9.17, 15) is 9.59 Å². The van der Waals surface area contributed by atoms with Crippen molar-refractivity contribution in [2.75, 3.05) is 20.2 Å². The summed E-state index contributed by atoms with van der Waals surface area (Å²) in [5, 5.41) is 1.82. The van der Waals surface area contributed by atoms with Crippen LogP contribution in [0.4, 0.5) is 0 Å². The number of rotatable bonds is 4. The fourth-order valence-corrected chi connectivity index (χ4v) is 4.49. The molecule has 0 radical (unpaired) electrons. The van der Waals surface area contributed by atoms with E-state index in [-0.39, 0.29) is 5.91 Å². The van der Waals surface area contributed by atoms with Gasteiger partial charge in [-0.3, -0.25) is 4.79 Å². The largest absolute Gasteiger partial charge is 0.497 e. The number of benzene rings is 2. The zero-order valence-corrected chi connectivity index (χ0v) is 18.1. The number of hydrogen-bond acceptors (Lipinski definition) is 4. The van der Waals surface area contributed by atoms with Crippen molar-refractivity contribution < 1.29 is 13.9 Å². The molecule has 32 heavy (non-hydrogen) atoms. The van der Waals surface area contributed by atoms with Crippen LogP contribution in [-0.2, 0) is 6.42 Å². The van der Waals surface area contributed by atoms with Crippen molar-refractivity contribution in [1.29, 1.82) is 0 Å². The van der Waals surface area contributed by atoms with Crippen LogP contribution in [0.15, 0.2) is 63.9 Å². The van der Waals surface area contributed by atoms with E-state index in [1.807, 2.05) is 0 Å². The molecule has 1 aliphatic heterocycles.